The molecular weight excluding hydrogens is 124 g/mol. The minimum Gasteiger partial charge on any atom is -1.00 e. The van der Waals surface area contributed by atoms with E-state index in [0.717, 1.165) is 6.42 Å². The second kappa shape index (κ2) is 9.86. The van der Waals surface area contributed by atoms with Crippen molar-refractivity contribution < 1.29 is 12.4 Å². The highest BCUT2D eigenvalue weighted by Gasteiger charge is 1.89. The predicted molar refractivity (Wildman–Crippen MR) is 29.5 cm³/mol. The van der Waals surface area contributed by atoms with Crippen LogP contribution >= 0.6 is 0 Å². The lowest BCUT2D eigenvalue weighted by Gasteiger charge is -1.78. The van der Waals surface area contributed by atoms with E-state index < -0.39 is 0 Å². The summed E-state index contributed by atoms with van der Waals surface area (Å²) in [6.45, 7) is 2.73. The Kier molecular flexibility index (Phi) is 13.1. The minimum absolute atomic E-state index is 0. The van der Waals surface area contributed by atoms with Crippen molar-refractivity contribution in [1.29, 1.82) is 5.39 Å². The summed E-state index contributed by atoms with van der Waals surface area (Å²) in [5.74, 6) is 0. The summed E-state index contributed by atoms with van der Waals surface area (Å²) in [4.78, 5) is 2.97. The van der Waals surface area contributed by atoms with Crippen LogP contribution in [-0.2, 0) is 0 Å². The fraction of sp³-hybridized carbons (Fsp3) is 1.00. The van der Waals surface area contributed by atoms with Crippen LogP contribution in [0.25, 0.3) is 4.98 Å². The smallest absolute Gasteiger partial charge is 0.305 e. The number of hydrogen-bond donors (Lipinski definition) is 0. The molecule has 0 aromatic heterocycles. The Hall–Kier alpha value is -0.290. The number of unbranched alkanes of at least 4 members (excludes halogenated alkanes) is 2. The number of halogens is 1. The van der Waals surface area contributed by atoms with E-state index in [1.807, 2.05) is 0 Å². The molecule has 0 aromatic rings. The van der Waals surface area contributed by atoms with Gasteiger partial charge in [-0.25, -0.2) is 0 Å². The first-order valence-corrected chi connectivity index (χ1v) is 2.72. The van der Waals surface area contributed by atoms with Gasteiger partial charge in [0.25, 0.3) is 0 Å². The molecule has 0 N–H and O–H groups in total. The van der Waals surface area contributed by atoms with Crippen molar-refractivity contribution in [2.75, 3.05) is 6.54 Å². The summed E-state index contributed by atoms with van der Waals surface area (Å²) in [5, 5.41) is 7.92. The highest BCUT2D eigenvalue weighted by Crippen LogP contribution is 1.92. The Morgan fingerprint density at radius 2 is 2.00 bits per heavy atom. The molecule has 0 unspecified atom stereocenters. The van der Waals surface area contributed by atoms with Gasteiger partial charge in [0.15, 0.2) is 0 Å². The van der Waals surface area contributed by atoms with Crippen molar-refractivity contribution in [2.24, 2.45) is 0 Å². The van der Waals surface area contributed by atoms with Crippen molar-refractivity contribution in [2.45, 2.75) is 26.2 Å². The quantitative estimate of drug-likeness (QED) is 0.361. The Bertz CT molecular complexity index is 67.3. The van der Waals surface area contributed by atoms with Crippen LogP contribution in [0.2, 0.25) is 0 Å². The minimum atomic E-state index is 0. The topological polar surface area (TPSA) is 28.1 Å². The Labute approximate surface area is 56.3 Å². The summed E-state index contributed by atoms with van der Waals surface area (Å²) < 4.78 is 0. The van der Waals surface area contributed by atoms with Gasteiger partial charge in [-0.2, -0.15) is 0 Å². The van der Waals surface area contributed by atoms with Crippen LogP contribution in [-0.4, -0.2) is 6.54 Å². The predicted octanol–water partition coefficient (Wildman–Crippen LogP) is -0.966. The van der Waals surface area contributed by atoms with Crippen molar-refractivity contribution >= 4 is 0 Å². The molecule has 0 spiro atoms. The van der Waals surface area contributed by atoms with Gasteiger partial charge >= 0.3 is 6.54 Å². The van der Waals surface area contributed by atoms with Crippen LogP contribution < -0.4 is 12.4 Å². The molecule has 0 aromatic carbocycles. The average molecular weight is 135 g/mol. The summed E-state index contributed by atoms with van der Waals surface area (Å²) in [5.41, 5.74) is 0. The molecule has 0 radical (unpaired) electrons. The first-order chi connectivity index (χ1) is 3.41. The lowest BCUT2D eigenvalue weighted by Crippen LogP contribution is -3.00. The summed E-state index contributed by atoms with van der Waals surface area (Å²) in [7, 11) is 0. The molecule has 0 aliphatic carbocycles. The zero-order valence-corrected chi connectivity index (χ0v) is 5.86. The SMILES string of the molecule is CCCCC[N+]#N.[Cl-]. The molecule has 0 amide bonds. The van der Waals surface area contributed by atoms with E-state index in [1.165, 1.54) is 12.8 Å². The maximum atomic E-state index is 7.92. The molecule has 0 saturated heterocycles. The first kappa shape index (κ1) is 10.6. The maximum absolute atomic E-state index is 7.92. The molecule has 0 saturated carbocycles. The molecular formula is C5H11ClN2. The second-order valence-electron chi connectivity index (χ2n) is 1.57. The van der Waals surface area contributed by atoms with E-state index >= 15 is 0 Å². The summed E-state index contributed by atoms with van der Waals surface area (Å²) in [6.07, 6.45) is 3.38. The first-order valence-electron chi connectivity index (χ1n) is 2.72. The molecule has 0 aliphatic rings. The zero-order valence-electron chi connectivity index (χ0n) is 5.10. The fourth-order valence-electron chi connectivity index (χ4n) is 0.433. The lowest BCUT2D eigenvalue weighted by molar-refractivity contribution is -0.00000186. The third-order valence-electron chi connectivity index (χ3n) is 0.862. The molecule has 0 bridgehead atoms. The molecule has 0 atom stereocenters. The lowest BCUT2D eigenvalue weighted by atomic mass is 10.3. The van der Waals surface area contributed by atoms with E-state index in [1.54, 1.807) is 0 Å². The van der Waals surface area contributed by atoms with Gasteiger partial charge in [-0.05, 0) is 6.42 Å². The van der Waals surface area contributed by atoms with Gasteiger partial charge in [0.1, 0.15) is 4.98 Å². The third kappa shape index (κ3) is 9.20. The van der Waals surface area contributed by atoms with Gasteiger partial charge < -0.3 is 12.4 Å². The van der Waals surface area contributed by atoms with Gasteiger partial charge in [-0.3, -0.25) is 0 Å². The molecule has 0 fully saturated rings. The van der Waals surface area contributed by atoms with Crippen LogP contribution in [0.3, 0.4) is 0 Å². The molecule has 2 nitrogen and oxygen atoms in total. The van der Waals surface area contributed by atoms with Gasteiger partial charge in [0.2, 0.25) is 5.39 Å². The van der Waals surface area contributed by atoms with Gasteiger partial charge in [-0.15, -0.1) is 0 Å². The van der Waals surface area contributed by atoms with Crippen molar-refractivity contribution in [1.82, 2.24) is 0 Å². The fourth-order valence-corrected chi connectivity index (χ4v) is 0.433. The third-order valence-corrected chi connectivity index (χ3v) is 0.862. The Morgan fingerprint density at radius 1 is 1.38 bits per heavy atom. The molecule has 0 rings (SSSR count). The van der Waals surface area contributed by atoms with Crippen molar-refractivity contribution in [3.8, 4) is 0 Å². The highest BCUT2D eigenvalue weighted by molar-refractivity contribution is 4.51. The van der Waals surface area contributed by atoms with E-state index in [0.29, 0.717) is 6.54 Å². The number of diazo groups is 1. The molecule has 0 heterocycles. The average Bonchev–Trinajstić information content (AvgIpc) is 1.69. The highest BCUT2D eigenvalue weighted by atomic mass is 35.5. The number of nitrogens with zero attached hydrogens (tertiary/aromatic N) is 2. The van der Waals surface area contributed by atoms with Crippen LogP contribution in [0.1, 0.15) is 26.2 Å². The maximum Gasteiger partial charge on any atom is 0.305 e. The van der Waals surface area contributed by atoms with Gasteiger partial charge in [0.05, 0.1) is 0 Å². The number of hydrogen-bond acceptors (Lipinski definition) is 1. The Balaban J connectivity index is 0. The molecule has 48 valence electrons. The molecule has 3 heteroatoms. The summed E-state index contributed by atoms with van der Waals surface area (Å²) in [6, 6.07) is 0. The van der Waals surface area contributed by atoms with E-state index in [-0.39, 0.29) is 12.4 Å². The van der Waals surface area contributed by atoms with E-state index in [4.69, 9.17) is 5.39 Å². The standard InChI is InChI=1S/C5H11N2.ClH/c1-2-3-4-5-7-6;/h2-5H2,1H3;1H/q+1;/p-1. The largest absolute Gasteiger partial charge is 1.00 e. The molecule has 0 aliphatic heterocycles. The van der Waals surface area contributed by atoms with Gasteiger partial charge in [0, 0.05) is 6.42 Å². The number of rotatable bonds is 3. The van der Waals surface area contributed by atoms with E-state index in [9.17, 15) is 0 Å². The second-order valence-corrected chi connectivity index (χ2v) is 1.57. The van der Waals surface area contributed by atoms with Crippen LogP contribution in [0.5, 0.6) is 0 Å². The Morgan fingerprint density at radius 3 is 2.38 bits per heavy atom. The normalized spacial score (nSPS) is 7.00. The van der Waals surface area contributed by atoms with Crippen LogP contribution in [0, 0.1) is 5.39 Å². The van der Waals surface area contributed by atoms with Crippen LogP contribution in [0.4, 0.5) is 0 Å². The van der Waals surface area contributed by atoms with Gasteiger partial charge in [-0.1, -0.05) is 13.3 Å². The summed E-state index contributed by atoms with van der Waals surface area (Å²) >= 11 is 0. The van der Waals surface area contributed by atoms with Crippen LogP contribution in [0.15, 0.2) is 0 Å². The monoisotopic (exact) mass is 134 g/mol. The van der Waals surface area contributed by atoms with Crippen molar-refractivity contribution in [3.05, 3.63) is 4.98 Å². The molecule has 8 heavy (non-hydrogen) atoms. The van der Waals surface area contributed by atoms with Crippen molar-refractivity contribution in [3.63, 3.8) is 0 Å². The van der Waals surface area contributed by atoms with E-state index in [2.05, 4.69) is 11.9 Å². The zero-order chi connectivity index (χ0) is 5.54.